The van der Waals surface area contributed by atoms with Crippen molar-refractivity contribution in [1.29, 1.82) is 0 Å². The van der Waals surface area contributed by atoms with Crippen LogP contribution in [0.25, 0.3) is 11.1 Å². The van der Waals surface area contributed by atoms with Crippen LogP contribution in [-0.4, -0.2) is 28.8 Å². The molecule has 0 saturated heterocycles. The number of alkyl halides is 2. The summed E-state index contributed by atoms with van der Waals surface area (Å²) in [6, 6.07) is 6.78. The summed E-state index contributed by atoms with van der Waals surface area (Å²) in [6.07, 6.45) is -0.776. The molecule has 0 aliphatic carbocycles. The predicted molar refractivity (Wildman–Crippen MR) is 77.3 cm³/mol. The molecule has 2 heterocycles. The Labute approximate surface area is 130 Å². The number of fused-ring (bicyclic) bond motifs is 1. The monoisotopic (exact) mass is 326 g/mol. The first-order valence-corrected chi connectivity index (χ1v) is 7.11. The van der Waals surface area contributed by atoms with Gasteiger partial charge in [0.25, 0.3) is 5.92 Å². The van der Waals surface area contributed by atoms with Gasteiger partial charge in [0.15, 0.2) is 5.69 Å². The van der Waals surface area contributed by atoms with Gasteiger partial charge >= 0.3 is 5.97 Å². The lowest BCUT2D eigenvalue weighted by Crippen LogP contribution is -2.29. The molecule has 4 nitrogen and oxygen atoms in total. The van der Waals surface area contributed by atoms with Crippen LogP contribution in [-0.2, 0) is 17.7 Å². The minimum Gasteiger partial charge on any atom is -0.464 e. The number of hydrogen-bond donors (Lipinski definition) is 0. The second kappa shape index (κ2) is 5.35. The zero-order valence-corrected chi connectivity index (χ0v) is 12.5. The van der Waals surface area contributed by atoms with Gasteiger partial charge < -0.3 is 4.74 Å². The number of aryl methyl sites for hydroxylation is 1. The van der Waals surface area contributed by atoms with Crippen molar-refractivity contribution in [2.75, 3.05) is 7.11 Å². The molecule has 116 valence electrons. The predicted octanol–water partition coefficient (Wildman–Crippen LogP) is 3.57. The standard InChI is InChI=1S/C15H13ClF2N2O2/c1-22-14(21)13-12(9-4-2-3-5-10(9)16)11-8-15(17,18)6-7-20(11)19-13/h2-5H,6-8H2,1H3. The van der Waals surface area contributed by atoms with Gasteiger partial charge in [0.2, 0.25) is 0 Å². The lowest BCUT2D eigenvalue weighted by atomic mass is 9.96. The SMILES string of the molecule is COC(=O)c1nn2c(c1-c1ccccc1Cl)CC(F)(F)CC2. The van der Waals surface area contributed by atoms with Gasteiger partial charge in [-0.05, 0) is 6.07 Å². The molecule has 22 heavy (non-hydrogen) atoms. The Morgan fingerprint density at radius 2 is 2.14 bits per heavy atom. The fourth-order valence-corrected chi connectivity index (χ4v) is 2.88. The van der Waals surface area contributed by atoms with Crippen LogP contribution in [0.1, 0.15) is 22.6 Å². The van der Waals surface area contributed by atoms with Gasteiger partial charge in [-0.2, -0.15) is 5.10 Å². The van der Waals surface area contributed by atoms with Gasteiger partial charge in [-0.15, -0.1) is 0 Å². The van der Waals surface area contributed by atoms with Gasteiger partial charge in [-0.3, -0.25) is 4.68 Å². The number of carbonyl (C=O) groups excluding carboxylic acids is 1. The summed E-state index contributed by atoms with van der Waals surface area (Å²) < 4.78 is 33.7. The smallest absolute Gasteiger partial charge is 0.359 e. The van der Waals surface area contributed by atoms with Crippen molar-refractivity contribution in [3.63, 3.8) is 0 Å². The topological polar surface area (TPSA) is 44.1 Å². The molecule has 0 fully saturated rings. The average Bonchev–Trinajstić information content (AvgIpc) is 2.84. The molecule has 0 atom stereocenters. The van der Waals surface area contributed by atoms with E-state index < -0.39 is 18.3 Å². The minimum absolute atomic E-state index is 0.0169. The molecule has 7 heteroatoms. The summed E-state index contributed by atoms with van der Waals surface area (Å²) >= 11 is 6.17. The Kier molecular flexibility index (Phi) is 3.64. The van der Waals surface area contributed by atoms with E-state index in [1.165, 1.54) is 11.8 Å². The van der Waals surface area contributed by atoms with Crippen LogP contribution >= 0.6 is 11.6 Å². The van der Waals surface area contributed by atoms with E-state index in [2.05, 4.69) is 5.10 Å². The van der Waals surface area contributed by atoms with E-state index >= 15 is 0 Å². The normalized spacial score (nSPS) is 16.2. The third kappa shape index (κ3) is 2.47. The Morgan fingerprint density at radius 1 is 1.41 bits per heavy atom. The lowest BCUT2D eigenvalue weighted by molar-refractivity contribution is -0.0241. The molecule has 1 aliphatic rings. The van der Waals surface area contributed by atoms with Crippen LogP contribution in [0.2, 0.25) is 5.02 Å². The number of methoxy groups -OCH3 is 1. The highest BCUT2D eigenvalue weighted by Crippen LogP contribution is 2.39. The van der Waals surface area contributed by atoms with E-state index in [-0.39, 0.29) is 18.7 Å². The minimum atomic E-state index is -2.82. The van der Waals surface area contributed by atoms with E-state index in [0.29, 0.717) is 21.8 Å². The van der Waals surface area contributed by atoms with Crippen LogP contribution in [0.15, 0.2) is 24.3 Å². The third-order valence-corrected chi connectivity index (χ3v) is 4.02. The van der Waals surface area contributed by atoms with Crippen molar-refractivity contribution in [3.8, 4) is 11.1 Å². The Balaban J connectivity index is 2.25. The molecule has 1 aromatic heterocycles. The van der Waals surface area contributed by atoms with Crippen molar-refractivity contribution in [2.45, 2.75) is 25.3 Å². The highest BCUT2D eigenvalue weighted by Gasteiger charge is 2.39. The van der Waals surface area contributed by atoms with Gasteiger partial charge in [0, 0.05) is 29.1 Å². The maximum absolute atomic E-state index is 13.8. The van der Waals surface area contributed by atoms with Gasteiger partial charge in [-0.25, -0.2) is 13.6 Å². The number of halogens is 3. The maximum atomic E-state index is 13.8. The quantitative estimate of drug-likeness (QED) is 0.792. The molecule has 0 spiro atoms. The summed E-state index contributed by atoms with van der Waals surface area (Å²) in [5, 5.41) is 4.53. The summed E-state index contributed by atoms with van der Waals surface area (Å²) in [4.78, 5) is 12.0. The van der Waals surface area contributed by atoms with Crippen LogP contribution in [0, 0.1) is 0 Å². The molecular weight excluding hydrogens is 314 g/mol. The molecule has 0 unspecified atom stereocenters. The highest BCUT2D eigenvalue weighted by atomic mass is 35.5. The number of nitrogens with zero attached hydrogens (tertiary/aromatic N) is 2. The molecule has 0 radical (unpaired) electrons. The number of aromatic nitrogens is 2. The molecular formula is C15H13ClF2N2O2. The van der Waals surface area contributed by atoms with Crippen LogP contribution in [0.3, 0.4) is 0 Å². The lowest BCUT2D eigenvalue weighted by Gasteiger charge is -2.23. The summed E-state index contributed by atoms with van der Waals surface area (Å²) in [7, 11) is 1.23. The van der Waals surface area contributed by atoms with Crippen LogP contribution in [0.5, 0.6) is 0 Å². The Hall–Kier alpha value is -1.95. The van der Waals surface area contributed by atoms with Crippen molar-refractivity contribution in [1.82, 2.24) is 9.78 Å². The van der Waals surface area contributed by atoms with Gasteiger partial charge in [0.1, 0.15) is 0 Å². The van der Waals surface area contributed by atoms with E-state index in [1.54, 1.807) is 24.3 Å². The zero-order chi connectivity index (χ0) is 15.9. The number of hydrogen-bond acceptors (Lipinski definition) is 3. The molecule has 2 aromatic rings. The molecule has 0 saturated carbocycles. The molecule has 0 N–H and O–H groups in total. The first kappa shape index (κ1) is 15.0. The first-order valence-electron chi connectivity index (χ1n) is 6.73. The summed E-state index contributed by atoms with van der Waals surface area (Å²) in [5.41, 5.74) is 1.16. The van der Waals surface area contributed by atoms with E-state index in [0.717, 1.165) is 0 Å². The fourth-order valence-electron chi connectivity index (χ4n) is 2.65. The fraction of sp³-hybridized carbons (Fsp3) is 0.333. The largest absolute Gasteiger partial charge is 0.464 e. The van der Waals surface area contributed by atoms with E-state index in [1.807, 2.05) is 0 Å². The summed E-state index contributed by atoms with van der Waals surface area (Å²) in [6.45, 7) is 0.0524. The maximum Gasteiger partial charge on any atom is 0.359 e. The second-order valence-electron chi connectivity index (χ2n) is 5.15. The Bertz CT molecular complexity index is 743. The number of carbonyl (C=O) groups is 1. The van der Waals surface area contributed by atoms with Crippen molar-refractivity contribution in [2.24, 2.45) is 0 Å². The number of benzene rings is 1. The van der Waals surface area contributed by atoms with Crippen molar-refractivity contribution >= 4 is 17.6 Å². The molecule has 0 amide bonds. The number of esters is 1. The molecule has 0 bridgehead atoms. The number of rotatable bonds is 2. The van der Waals surface area contributed by atoms with Crippen molar-refractivity contribution in [3.05, 3.63) is 40.7 Å². The van der Waals surface area contributed by atoms with Crippen LogP contribution in [0.4, 0.5) is 8.78 Å². The average molecular weight is 327 g/mol. The third-order valence-electron chi connectivity index (χ3n) is 3.70. The van der Waals surface area contributed by atoms with Gasteiger partial charge in [-0.1, -0.05) is 29.8 Å². The Morgan fingerprint density at radius 3 is 2.82 bits per heavy atom. The zero-order valence-electron chi connectivity index (χ0n) is 11.8. The van der Waals surface area contributed by atoms with Crippen LogP contribution < -0.4 is 0 Å². The van der Waals surface area contributed by atoms with E-state index in [4.69, 9.17) is 16.3 Å². The molecule has 1 aliphatic heterocycles. The summed E-state index contributed by atoms with van der Waals surface area (Å²) in [5.74, 6) is -3.49. The highest BCUT2D eigenvalue weighted by molar-refractivity contribution is 6.33. The van der Waals surface area contributed by atoms with E-state index in [9.17, 15) is 13.6 Å². The molecule has 3 rings (SSSR count). The molecule has 1 aromatic carbocycles. The van der Waals surface area contributed by atoms with Crippen molar-refractivity contribution < 1.29 is 18.3 Å². The number of ether oxygens (including phenoxy) is 1. The second-order valence-corrected chi connectivity index (χ2v) is 5.55. The van der Waals surface area contributed by atoms with Gasteiger partial charge in [0.05, 0.1) is 19.2 Å². The first-order chi connectivity index (χ1) is 10.4.